The summed E-state index contributed by atoms with van der Waals surface area (Å²) in [6, 6.07) is -13.0. The molecular formula is C42H77N11O14. The summed E-state index contributed by atoms with van der Waals surface area (Å²) in [5, 5.41) is 59.0. The van der Waals surface area contributed by atoms with E-state index in [-0.39, 0.29) is 25.2 Å². The molecule has 25 heteroatoms. The maximum Gasteiger partial charge on any atom is 0.326 e. The number of carboxylic acids is 1. The Hall–Kier alpha value is -5.50. The fraction of sp³-hybridized carbons (Fsp3) is 0.762. The Bertz CT molecular complexity index is 1680. The van der Waals surface area contributed by atoms with Crippen LogP contribution in [-0.2, 0) is 47.9 Å². The topological polar surface area (TPSA) is 426 Å². The Morgan fingerprint density at radius 3 is 1.28 bits per heavy atom. The van der Waals surface area contributed by atoms with Gasteiger partial charge in [-0.15, -0.1) is 0 Å². The largest absolute Gasteiger partial charge is 0.480 e. The molecule has 0 heterocycles. The van der Waals surface area contributed by atoms with Crippen molar-refractivity contribution in [2.45, 2.75) is 161 Å². The van der Waals surface area contributed by atoms with Gasteiger partial charge < -0.3 is 80.2 Å². The van der Waals surface area contributed by atoms with Gasteiger partial charge in [0.1, 0.15) is 48.3 Å². The van der Waals surface area contributed by atoms with Gasteiger partial charge in [-0.25, -0.2) is 4.79 Å². The standard InChI is InChI=1S/C42H77N11O14/c1-19(2)16-26(36(60)48-28(18-55)38(62)52-32(22(7)8)42(66)67)47-37(61)27(17-54)49-41(65)33(23(9)56)53-40(64)31(21(5)6)51-35(59)25(13-14-29(45)57)46-39(63)30(20(3)4)50-34(58)24(44)12-10-11-15-43/h19-28,30-33,54-56H,10-18,43-44H2,1-9H3,(H2,45,57)(H,46,63)(H,47,61)(H,48,60)(H,49,65)(H,50,58)(H,51,59)(H,52,62)(H,53,64)(H,66,67)/t23-,24+,25+,26+,27+,28+,30+,31+,32+,33+/m1/s1. The van der Waals surface area contributed by atoms with Crippen LogP contribution in [0.4, 0.5) is 0 Å². The lowest BCUT2D eigenvalue weighted by molar-refractivity contribution is -0.144. The number of amides is 9. The Morgan fingerprint density at radius 2 is 0.851 bits per heavy atom. The van der Waals surface area contributed by atoms with Crippen LogP contribution in [0, 0.1) is 23.7 Å². The fourth-order valence-electron chi connectivity index (χ4n) is 6.35. The van der Waals surface area contributed by atoms with Crippen molar-refractivity contribution in [3.05, 3.63) is 0 Å². The zero-order valence-corrected chi connectivity index (χ0v) is 40.1. The average Bonchev–Trinajstić information content (AvgIpc) is 3.23. The zero-order valence-electron chi connectivity index (χ0n) is 40.1. The second-order valence-electron chi connectivity index (χ2n) is 17.9. The van der Waals surface area contributed by atoms with E-state index >= 15 is 0 Å². The second kappa shape index (κ2) is 30.7. The molecule has 0 bridgehead atoms. The number of primary amides is 1. The Balaban J connectivity index is 6.22. The van der Waals surface area contributed by atoms with Gasteiger partial charge >= 0.3 is 5.97 Å². The van der Waals surface area contributed by atoms with Crippen molar-refractivity contribution in [1.29, 1.82) is 0 Å². The third kappa shape index (κ3) is 22.2. The van der Waals surface area contributed by atoms with Crippen LogP contribution in [-0.4, -0.2) is 160 Å². The van der Waals surface area contributed by atoms with Crippen molar-refractivity contribution in [1.82, 2.24) is 42.5 Å². The van der Waals surface area contributed by atoms with Crippen LogP contribution >= 0.6 is 0 Å². The molecule has 0 aromatic heterocycles. The number of aliphatic hydroxyl groups excluding tert-OH is 3. The summed E-state index contributed by atoms with van der Waals surface area (Å²) in [7, 11) is 0. The Morgan fingerprint density at radius 1 is 0.478 bits per heavy atom. The van der Waals surface area contributed by atoms with E-state index in [0.29, 0.717) is 25.8 Å². The highest BCUT2D eigenvalue weighted by Crippen LogP contribution is 2.11. The van der Waals surface area contributed by atoms with E-state index in [1.165, 1.54) is 27.7 Å². The minimum atomic E-state index is -1.81. The molecule has 0 aliphatic rings. The van der Waals surface area contributed by atoms with E-state index in [1.807, 2.05) is 0 Å². The minimum Gasteiger partial charge on any atom is -0.480 e. The lowest BCUT2D eigenvalue weighted by atomic mass is 9.99. The number of unbranched alkanes of at least 4 members (excludes halogenated alkanes) is 1. The molecule has 18 N–H and O–H groups in total. The SMILES string of the molecule is CC(C)C[C@H](NC(=O)[C@H](CO)NC(=O)[C@@H](NC(=O)[C@@H](NC(=O)[C@H](CCC(N)=O)NC(=O)[C@@H](NC(=O)[C@@H](N)CCCCN)C(C)C)C(C)C)[C@@H](C)O)C(=O)N[C@@H](CO)C(=O)N[C@H](C(=O)O)C(C)C. The maximum absolute atomic E-state index is 13.7. The van der Waals surface area contributed by atoms with Gasteiger partial charge in [0.15, 0.2) is 0 Å². The highest BCUT2D eigenvalue weighted by Gasteiger charge is 2.37. The molecule has 0 rings (SSSR count). The number of rotatable bonds is 32. The van der Waals surface area contributed by atoms with Gasteiger partial charge in [0.25, 0.3) is 0 Å². The molecule has 0 spiro atoms. The number of carboxylic acid groups (broad SMARTS) is 1. The predicted molar refractivity (Wildman–Crippen MR) is 242 cm³/mol. The van der Waals surface area contributed by atoms with Gasteiger partial charge in [-0.1, -0.05) is 61.8 Å². The number of carbonyl (C=O) groups is 10. The predicted octanol–water partition coefficient (Wildman–Crippen LogP) is -4.95. The summed E-state index contributed by atoms with van der Waals surface area (Å²) < 4.78 is 0. The van der Waals surface area contributed by atoms with Gasteiger partial charge in [-0.3, -0.25) is 43.2 Å². The smallest absolute Gasteiger partial charge is 0.326 e. The van der Waals surface area contributed by atoms with E-state index in [2.05, 4.69) is 42.5 Å². The summed E-state index contributed by atoms with van der Waals surface area (Å²) in [4.78, 5) is 130. The fourth-order valence-corrected chi connectivity index (χ4v) is 6.35. The van der Waals surface area contributed by atoms with Crippen LogP contribution in [0.5, 0.6) is 0 Å². The van der Waals surface area contributed by atoms with Crippen LogP contribution in [0.1, 0.15) is 101 Å². The minimum absolute atomic E-state index is 0.0472. The molecule has 0 aliphatic heterocycles. The Labute approximate surface area is 391 Å². The van der Waals surface area contributed by atoms with E-state index < -0.39 is 151 Å². The molecule has 0 radical (unpaired) electrons. The second-order valence-corrected chi connectivity index (χ2v) is 17.9. The lowest BCUT2D eigenvalue weighted by Gasteiger charge is -2.30. The van der Waals surface area contributed by atoms with Crippen molar-refractivity contribution in [3.63, 3.8) is 0 Å². The number of hydrogen-bond acceptors (Lipinski definition) is 15. The summed E-state index contributed by atoms with van der Waals surface area (Å²) in [6.07, 6.45) is -0.863. The molecule has 0 saturated heterocycles. The highest BCUT2D eigenvalue weighted by atomic mass is 16.4. The first-order valence-electron chi connectivity index (χ1n) is 22.4. The molecule has 67 heavy (non-hydrogen) atoms. The summed E-state index contributed by atoms with van der Waals surface area (Å²) in [5.41, 5.74) is 16.8. The molecule has 10 atom stereocenters. The summed E-state index contributed by atoms with van der Waals surface area (Å²) >= 11 is 0. The van der Waals surface area contributed by atoms with Crippen LogP contribution in [0.25, 0.3) is 0 Å². The van der Waals surface area contributed by atoms with Crippen molar-refractivity contribution in [2.24, 2.45) is 40.9 Å². The molecule has 0 aliphatic carbocycles. The molecule has 0 saturated carbocycles. The van der Waals surface area contributed by atoms with Crippen LogP contribution in [0.2, 0.25) is 0 Å². The first-order chi connectivity index (χ1) is 31.1. The van der Waals surface area contributed by atoms with Crippen molar-refractivity contribution in [3.8, 4) is 0 Å². The van der Waals surface area contributed by atoms with Gasteiger partial charge in [0.05, 0.1) is 25.4 Å². The summed E-state index contributed by atoms with van der Waals surface area (Å²) in [5.74, 6) is -11.8. The third-order valence-electron chi connectivity index (χ3n) is 10.4. The molecule has 0 unspecified atom stereocenters. The third-order valence-corrected chi connectivity index (χ3v) is 10.4. The molecule has 0 aromatic carbocycles. The van der Waals surface area contributed by atoms with Crippen molar-refractivity contribution >= 4 is 59.1 Å². The van der Waals surface area contributed by atoms with E-state index in [9.17, 15) is 68.4 Å². The van der Waals surface area contributed by atoms with Crippen molar-refractivity contribution < 1.29 is 68.4 Å². The van der Waals surface area contributed by atoms with Crippen molar-refractivity contribution in [2.75, 3.05) is 19.8 Å². The lowest BCUT2D eigenvalue weighted by Crippen LogP contribution is -2.63. The van der Waals surface area contributed by atoms with E-state index in [1.54, 1.807) is 27.7 Å². The average molecular weight is 960 g/mol. The van der Waals surface area contributed by atoms with Crippen LogP contribution in [0.3, 0.4) is 0 Å². The molecular weight excluding hydrogens is 883 g/mol. The van der Waals surface area contributed by atoms with E-state index in [0.717, 1.165) is 6.92 Å². The number of nitrogens with one attached hydrogen (secondary N) is 8. The first kappa shape index (κ1) is 61.5. The molecule has 9 amide bonds. The zero-order chi connectivity index (χ0) is 51.9. The number of aliphatic carboxylic acids is 1. The quantitative estimate of drug-likeness (QED) is 0.0281. The highest BCUT2D eigenvalue weighted by molar-refractivity contribution is 5.98. The Kier molecular flexibility index (Phi) is 28.2. The maximum atomic E-state index is 13.7. The summed E-state index contributed by atoms with van der Waals surface area (Å²) in [6.45, 7) is 12.4. The molecule has 0 fully saturated rings. The number of carbonyl (C=O) groups excluding carboxylic acids is 9. The van der Waals surface area contributed by atoms with E-state index in [4.69, 9.17) is 17.2 Å². The molecule has 25 nitrogen and oxygen atoms in total. The number of aliphatic hydroxyl groups is 3. The van der Waals surface area contributed by atoms with Crippen LogP contribution in [0.15, 0.2) is 0 Å². The van der Waals surface area contributed by atoms with Gasteiger partial charge in [0, 0.05) is 6.42 Å². The molecule has 0 aromatic rings. The van der Waals surface area contributed by atoms with Crippen LogP contribution < -0.4 is 59.7 Å². The van der Waals surface area contributed by atoms with Gasteiger partial charge in [-0.05, 0) is 62.8 Å². The normalized spacial score (nSPS) is 15.9. The monoisotopic (exact) mass is 960 g/mol. The number of nitrogens with two attached hydrogens (primary N) is 3. The number of hydrogen-bond donors (Lipinski definition) is 15. The molecule has 384 valence electrons. The first-order valence-corrected chi connectivity index (χ1v) is 22.4. The van der Waals surface area contributed by atoms with Gasteiger partial charge in [-0.2, -0.15) is 0 Å². The van der Waals surface area contributed by atoms with Gasteiger partial charge in [0.2, 0.25) is 53.2 Å².